The third kappa shape index (κ3) is 3.35. The van der Waals surface area contributed by atoms with Crippen LogP contribution in [0.25, 0.3) is 0 Å². The number of aryl methyl sites for hydroxylation is 1. The van der Waals surface area contributed by atoms with Crippen molar-refractivity contribution in [2.45, 2.75) is 45.6 Å². The quantitative estimate of drug-likeness (QED) is 0.856. The van der Waals surface area contributed by atoms with Gasteiger partial charge in [-0.1, -0.05) is 6.92 Å². The highest BCUT2D eigenvalue weighted by Gasteiger charge is 2.24. The molecule has 1 unspecified atom stereocenters. The Morgan fingerprint density at radius 2 is 1.86 bits per heavy atom. The van der Waals surface area contributed by atoms with Crippen LogP contribution >= 0.6 is 0 Å². The van der Waals surface area contributed by atoms with Gasteiger partial charge >= 0.3 is 0 Å². The molecule has 2 fully saturated rings. The van der Waals surface area contributed by atoms with Gasteiger partial charge < -0.3 is 14.7 Å². The molecule has 0 spiro atoms. The fourth-order valence-corrected chi connectivity index (χ4v) is 3.55. The van der Waals surface area contributed by atoms with E-state index in [9.17, 15) is 0 Å². The highest BCUT2D eigenvalue weighted by molar-refractivity contribution is 5.47. The number of anilines is 2. The van der Waals surface area contributed by atoms with Crippen LogP contribution in [0.1, 0.15) is 38.3 Å². The monoisotopic (exact) mass is 303 g/mol. The number of likely N-dealkylation sites (N-methyl/N-ethyl adjacent to an activating group) is 1. The van der Waals surface area contributed by atoms with Crippen molar-refractivity contribution in [1.29, 1.82) is 0 Å². The maximum Gasteiger partial charge on any atom is 0.227 e. The van der Waals surface area contributed by atoms with Crippen LogP contribution in [0.15, 0.2) is 6.07 Å². The van der Waals surface area contributed by atoms with Crippen LogP contribution in [0.4, 0.5) is 11.8 Å². The number of hydrogen-bond donors (Lipinski definition) is 0. The van der Waals surface area contributed by atoms with Gasteiger partial charge in [0, 0.05) is 50.5 Å². The molecule has 0 aromatic carbocycles. The fraction of sp³-hybridized carbons (Fsp3) is 0.765. The van der Waals surface area contributed by atoms with E-state index in [-0.39, 0.29) is 0 Å². The fourth-order valence-electron chi connectivity index (χ4n) is 3.55. The Morgan fingerprint density at radius 1 is 1.09 bits per heavy atom. The van der Waals surface area contributed by atoms with Crippen molar-refractivity contribution in [2.75, 3.05) is 49.6 Å². The Kier molecular flexibility index (Phi) is 4.81. The van der Waals surface area contributed by atoms with E-state index in [1.807, 2.05) is 0 Å². The van der Waals surface area contributed by atoms with Crippen LogP contribution in [0.5, 0.6) is 0 Å². The lowest BCUT2D eigenvalue weighted by molar-refractivity contribution is 0.312. The summed E-state index contributed by atoms with van der Waals surface area (Å²) in [5, 5.41) is 0. The van der Waals surface area contributed by atoms with E-state index in [0.29, 0.717) is 6.04 Å². The summed E-state index contributed by atoms with van der Waals surface area (Å²) < 4.78 is 0. The molecule has 2 aliphatic heterocycles. The van der Waals surface area contributed by atoms with Gasteiger partial charge in [0.1, 0.15) is 5.82 Å². The molecule has 1 aromatic rings. The van der Waals surface area contributed by atoms with Crippen molar-refractivity contribution in [3.63, 3.8) is 0 Å². The zero-order valence-electron chi connectivity index (χ0n) is 14.3. The van der Waals surface area contributed by atoms with E-state index in [1.54, 1.807) is 0 Å². The average molecular weight is 303 g/mol. The summed E-state index contributed by atoms with van der Waals surface area (Å²) in [7, 11) is 2.19. The second-order valence-corrected chi connectivity index (χ2v) is 6.71. The lowest BCUT2D eigenvalue weighted by Crippen LogP contribution is -2.45. The zero-order valence-corrected chi connectivity index (χ0v) is 14.3. The van der Waals surface area contributed by atoms with E-state index < -0.39 is 0 Å². The van der Waals surface area contributed by atoms with Crippen LogP contribution < -0.4 is 9.80 Å². The molecule has 2 aliphatic rings. The second kappa shape index (κ2) is 6.82. The first kappa shape index (κ1) is 15.5. The molecule has 1 atom stereocenters. The summed E-state index contributed by atoms with van der Waals surface area (Å²) in [6, 6.07) is 2.75. The van der Waals surface area contributed by atoms with Gasteiger partial charge in [0.05, 0.1) is 0 Å². The normalized spacial score (nSPS) is 23.9. The summed E-state index contributed by atoms with van der Waals surface area (Å²) in [5.41, 5.74) is 1.08. The molecule has 5 nitrogen and oxygen atoms in total. The van der Waals surface area contributed by atoms with Crippen molar-refractivity contribution in [3.05, 3.63) is 11.8 Å². The molecule has 0 amide bonds. The molecule has 0 bridgehead atoms. The molecule has 3 rings (SSSR count). The van der Waals surface area contributed by atoms with Crippen molar-refractivity contribution >= 4 is 11.8 Å². The number of rotatable bonds is 3. The van der Waals surface area contributed by atoms with Crippen molar-refractivity contribution in [2.24, 2.45) is 0 Å². The van der Waals surface area contributed by atoms with Crippen molar-refractivity contribution < 1.29 is 0 Å². The molecule has 0 aliphatic carbocycles. The smallest absolute Gasteiger partial charge is 0.227 e. The molecule has 5 heteroatoms. The minimum absolute atomic E-state index is 0.607. The molecule has 0 N–H and O–H groups in total. The highest BCUT2D eigenvalue weighted by atomic mass is 15.3. The number of piperidine rings is 1. The van der Waals surface area contributed by atoms with Crippen LogP contribution in [-0.4, -0.2) is 60.7 Å². The Hall–Kier alpha value is -1.36. The molecule has 1 aromatic heterocycles. The summed E-state index contributed by atoms with van der Waals surface area (Å²) >= 11 is 0. The third-order valence-corrected chi connectivity index (χ3v) is 5.01. The summed E-state index contributed by atoms with van der Waals surface area (Å²) in [5.74, 6) is 2.05. The maximum absolute atomic E-state index is 4.93. The van der Waals surface area contributed by atoms with Gasteiger partial charge in [-0.2, -0.15) is 4.98 Å². The van der Waals surface area contributed by atoms with Crippen molar-refractivity contribution in [1.82, 2.24) is 14.9 Å². The van der Waals surface area contributed by atoms with E-state index in [1.165, 1.54) is 25.7 Å². The van der Waals surface area contributed by atoms with E-state index in [2.05, 4.69) is 41.7 Å². The molecule has 22 heavy (non-hydrogen) atoms. The van der Waals surface area contributed by atoms with Gasteiger partial charge in [-0.3, -0.25) is 0 Å². The topological polar surface area (TPSA) is 35.5 Å². The lowest BCUT2D eigenvalue weighted by atomic mass is 10.0. The van der Waals surface area contributed by atoms with E-state index in [0.717, 1.165) is 50.2 Å². The Morgan fingerprint density at radius 3 is 2.59 bits per heavy atom. The summed E-state index contributed by atoms with van der Waals surface area (Å²) in [4.78, 5) is 16.9. The average Bonchev–Trinajstić information content (AvgIpc) is 2.55. The Labute approximate surface area is 134 Å². The predicted octanol–water partition coefficient (Wildman–Crippen LogP) is 2.31. The predicted molar refractivity (Wildman–Crippen MR) is 91.8 cm³/mol. The van der Waals surface area contributed by atoms with E-state index in [4.69, 9.17) is 9.97 Å². The highest BCUT2D eigenvalue weighted by Crippen LogP contribution is 2.26. The first-order chi connectivity index (χ1) is 10.7. The number of piperazine rings is 1. The SMILES string of the molecule is CCC1CCCCN1c1nc(C)cc(N2CCN(C)CC2)n1. The first-order valence-corrected chi connectivity index (χ1v) is 8.73. The van der Waals surface area contributed by atoms with Gasteiger partial charge in [-0.25, -0.2) is 4.98 Å². The van der Waals surface area contributed by atoms with Crippen LogP contribution in [-0.2, 0) is 0 Å². The molecule has 3 heterocycles. The molecule has 0 saturated carbocycles. The van der Waals surface area contributed by atoms with E-state index >= 15 is 0 Å². The number of nitrogens with zero attached hydrogens (tertiary/aromatic N) is 5. The molecule has 2 saturated heterocycles. The standard InChI is InChI=1S/C17H29N5/c1-4-15-7-5-6-8-22(15)17-18-14(2)13-16(19-17)21-11-9-20(3)10-12-21/h13,15H,4-12H2,1-3H3. The van der Waals surface area contributed by atoms with Gasteiger partial charge in [0.2, 0.25) is 5.95 Å². The molecular weight excluding hydrogens is 274 g/mol. The lowest BCUT2D eigenvalue weighted by Gasteiger charge is -2.37. The van der Waals surface area contributed by atoms with Gasteiger partial charge in [-0.05, 0) is 39.7 Å². The minimum Gasteiger partial charge on any atom is -0.354 e. The van der Waals surface area contributed by atoms with Crippen LogP contribution in [0.2, 0.25) is 0 Å². The first-order valence-electron chi connectivity index (χ1n) is 8.73. The van der Waals surface area contributed by atoms with Crippen molar-refractivity contribution in [3.8, 4) is 0 Å². The maximum atomic E-state index is 4.93. The second-order valence-electron chi connectivity index (χ2n) is 6.71. The van der Waals surface area contributed by atoms with Gasteiger partial charge in [0.25, 0.3) is 0 Å². The minimum atomic E-state index is 0.607. The summed E-state index contributed by atoms with van der Waals surface area (Å²) in [6.07, 6.45) is 5.06. The zero-order chi connectivity index (χ0) is 15.5. The molecule has 0 radical (unpaired) electrons. The Balaban J connectivity index is 1.83. The largest absolute Gasteiger partial charge is 0.354 e. The van der Waals surface area contributed by atoms with Gasteiger partial charge in [-0.15, -0.1) is 0 Å². The number of hydrogen-bond acceptors (Lipinski definition) is 5. The summed E-state index contributed by atoms with van der Waals surface area (Å²) in [6.45, 7) is 9.81. The van der Waals surface area contributed by atoms with Crippen LogP contribution in [0.3, 0.4) is 0 Å². The van der Waals surface area contributed by atoms with Crippen LogP contribution in [0, 0.1) is 6.92 Å². The number of aromatic nitrogens is 2. The molecular formula is C17H29N5. The van der Waals surface area contributed by atoms with Gasteiger partial charge in [0.15, 0.2) is 0 Å². The third-order valence-electron chi connectivity index (χ3n) is 5.01. The molecule has 122 valence electrons. The Bertz CT molecular complexity index is 496.